The smallest absolute Gasteiger partial charge is 0.291 e. The molecule has 2 aliphatic heterocycles. The van der Waals surface area contributed by atoms with Crippen LogP contribution in [0.3, 0.4) is 0 Å². The van der Waals surface area contributed by atoms with Crippen molar-refractivity contribution in [3.05, 3.63) is 128 Å². The number of carbonyl (C=O) groups is 1. The van der Waals surface area contributed by atoms with Gasteiger partial charge in [0.25, 0.3) is 5.91 Å². The van der Waals surface area contributed by atoms with Crippen LogP contribution in [0.2, 0.25) is 0 Å². The van der Waals surface area contributed by atoms with Gasteiger partial charge in [-0.15, -0.1) is 0 Å². The topological polar surface area (TPSA) is 78.2 Å². The van der Waals surface area contributed by atoms with Crippen molar-refractivity contribution in [1.29, 1.82) is 0 Å². The van der Waals surface area contributed by atoms with Gasteiger partial charge in [-0.1, -0.05) is 52.3 Å². The Morgan fingerprint density at radius 1 is 0.846 bits per heavy atom. The summed E-state index contributed by atoms with van der Waals surface area (Å²) in [4.78, 5) is 29.4. The van der Waals surface area contributed by atoms with Crippen LogP contribution in [0.15, 0.2) is 105 Å². The number of benzene rings is 4. The Labute approximate surface area is 231 Å². The maximum Gasteiger partial charge on any atom is 0.291 e. The number of halogens is 1. The summed E-state index contributed by atoms with van der Waals surface area (Å²) in [6.45, 7) is 0.387. The average molecular weight is 582 g/mol. The van der Waals surface area contributed by atoms with Crippen molar-refractivity contribution in [3.63, 3.8) is 0 Å². The number of fused-ring (bicyclic) bond motifs is 3. The molecular weight excluding hydrogens is 562 g/mol. The van der Waals surface area contributed by atoms with Crippen LogP contribution >= 0.6 is 15.9 Å². The molecule has 3 heterocycles. The molecule has 0 aliphatic carbocycles. The highest BCUT2D eigenvalue weighted by Crippen LogP contribution is 2.41. The fourth-order valence-electron chi connectivity index (χ4n) is 5.11. The second-order valence-corrected chi connectivity index (χ2v) is 10.2. The van der Waals surface area contributed by atoms with E-state index < -0.39 is 6.04 Å². The molecule has 5 aromatic rings. The number of hydrogen-bond donors (Lipinski definition) is 0. The molecule has 1 amide bonds. The summed E-state index contributed by atoms with van der Waals surface area (Å²) in [6, 6.07) is 27.0. The predicted octanol–water partition coefficient (Wildman–Crippen LogP) is 6.82. The summed E-state index contributed by atoms with van der Waals surface area (Å²) in [5.41, 5.74) is 2.00. The minimum Gasteiger partial charge on any atom is -0.457 e. The van der Waals surface area contributed by atoms with Crippen molar-refractivity contribution < 1.29 is 23.4 Å². The molecule has 0 spiro atoms. The van der Waals surface area contributed by atoms with Crippen LogP contribution in [0.25, 0.3) is 11.0 Å². The predicted molar refractivity (Wildman–Crippen MR) is 147 cm³/mol. The van der Waals surface area contributed by atoms with E-state index >= 15 is 0 Å². The lowest BCUT2D eigenvalue weighted by molar-refractivity contribution is 0.0714. The zero-order valence-corrected chi connectivity index (χ0v) is 22.0. The van der Waals surface area contributed by atoms with Gasteiger partial charge in [0.15, 0.2) is 16.9 Å². The molecule has 4 aromatic carbocycles. The Balaban J connectivity index is 1.36. The fourth-order valence-corrected chi connectivity index (χ4v) is 5.47. The molecule has 0 saturated carbocycles. The molecular formula is C31H20BrNO6. The second kappa shape index (κ2) is 9.32. The lowest BCUT2D eigenvalue weighted by Crippen LogP contribution is -2.29. The van der Waals surface area contributed by atoms with E-state index in [0.29, 0.717) is 39.5 Å². The molecule has 192 valence electrons. The Morgan fingerprint density at radius 2 is 1.67 bits per heavy atom. The van der Waals surface area contributed by atoms with Gasteiger partial charge in [0.1, 0.15) is 17.1 Å². The van der Waals surface area contributed by atoms with E-state index in [1.165, 1.54) is 0 Å². The molecule has 2 aliphatic rings. The highest BCUT2D eigenvalue weighted by molar-refractivity contribution is 9.10. The zero-order valence-electron chi connectivity index (χ0n) is 20.4. The average Bonchev–Trinajstić information content (AvgIpc) is 3.52. The van der Waals surface area contributed by atoms with Gasteiger partial charge in [-0.25, -0.2) is 0 Å². The van der Waals surface area contributed by atoms with Gasteiger partial charge < -0.3 is 23.5 Å². The third kappa shape index (κ3) is 4.13. The van der Waals surface area contributed by atoms with E-state index in [1.54, 1.807) is 23.1 Å². The Hall–Kier alpha value is -4.56. The number of nitrogens with zero attached hydrogens (tertiary/aromatic N) is 1. The minimum atomic E-state index is -0.683. The van der Waals surface area contributed by atoms with Gasteiger partial charge >= 0.3 is 0 Å². The highest BCUT2D eigenvalue weighted by Gasteiger charge is 2.43. The van der Waals surface area contributed by atoms with Crippen LogP contribution in [-0.4, -0.2) is 17.6 Å². The first-order valence-corrected chi connectivity index (χ1v) is 13.1. The first-order valence-electron chi connectivity index (χ1n) is 12.3. The van der Waals surface area contributed by atoms with Gasteiger partial charge in [0.05, 0.1) is 17.0 Å². The fraction of sp³-hybridized carbons (Fsp3) is 0.0968. The van der Waals surface area contributed by atoms with E-state index in [1.807, 2.05) is 72.8 Å². The van der Waals surface area contributed by atoms with Gasteiger partial charge in [0.2, 0.25) is 12.6 Å². The summed E-state index contributed by atoms with van der Waals surface area (Å²) in [5, 5.41) is 0.405. The molecule has 7 rings (SSSR count). The largest absolute Gasteiger partial charge is 0.457 e. The summed E-state index contributed by atoms with van der Waals surface area (Å²) in [5.74, 6) is 2.25. The standard InChI is InChI=1S/C31H20BrNO6/c32-20-10-12-24-23(15-20)29(34)27-28(19-5-4-8-22(14-19)38-21-6-2-1-3-7-21)33(31(35)30(27)39-24)16-18-9-11-25-26(13-18)37-17-36-25/h1-15,28H,16-17H2. The molecule has 7 nitrogen and oxygen atoms in total. The highest BCUT2D eigenvalue weighted by atomic mass is 79.9. The van der Waals surface area contributed by atoms with Crippen molar-refractivity contribution in [2.24, 2.45) is 0 Å². The van der Waals surface area contributed by atoms with Crippen LogP contribution in [0.5, 0.6) is 23.0 Å². The quantitative estimate of drug-likeness (QED) is 0.226. The number of rotatable bonds is 5. The van der Waals surface area contributed by atoms with Crippen molar-refractivity contribution in [1.82, 2.24) is 4.90 Å². The van der Waals surface area contributed by atoms with Crippen molar-refractivity contribution in [2.45, 2.75) is 12.6 Å². The summed E-state index contributed by atoms with van der Waals surface area (Å²) in [7, 11) is 0. The van der Waals surface area contributed by atoms with Gasteiger partial charge in [-0.05, 0) is 65.7 Å². The van der Waals surface area contributed by atoms with Crippen LogP contribution in [0.1, 0.15) is 33.3 Å². The second-order valence-electron chi connectivity index (χ2n) is 9.33. The van der Waals surface area contributed by atoms with E-state index in [0.717, 1.165) is 15.6 Å². The lowest BCUT2D eigenvalue weighted by atomic mass is 9.98. The summed E-state index contributed by atoms with van der Waals surface area (Å²) in [6.07, 6.45) is 0. The first kappa shape index (κ1) is 23.5. The number of para-hydroxylation sites is 1. The van der Waals surface area contributed by atoms with E-state index in [-0.39, 0.29) is 30.4 Å². The molecule has 39 heavy (non-hydrogen) atoms. The first-order chi connectivity index (χ1) is 19.0. The number of hydrogen-bond acceptors (Lipinski definition) is 6. The summed E-state index contributed by atoms with van der Waals surface area (Å²) >= 11 is 3.44. The number of amides is 1. The van der Waals surface area contributed by atoms with Gasteiger partial charge in [-0.3, -0.25) is 9.59 Å². The summed E-state index contributed by atoms with van der Waals surface area (Å²) < 4.78 is 23.9. The van der Waals surface area contributed by atoms with Crippen LogP contribution in [0, 0.1) is 0 Å². The number of carbonyl (C=O) groups excluding carboxylic acids is 1. The lowest BCUT2D eigenvalue weighted by Gasteiger charge is -2.25. The molecule has 8 heteroatoms. The zero-order chi connectivity index (χ0) is 26.5. The van der Waals surface area contributed by atoms with E-state index in [2.05, 4.69) is 15.9 Å². The number of ether oxygens (including phenoxy) is 3. The van der Waals surface area contributed by atoms with Crippen molar-refractivity contribution in [2.75, 3.05) is 6.79 Å². The molecule has 0 bridgehead atoms. The van der Waals surface area contributed by atoms with Gasteiger partial charge in [0, 0.05) is 11.0 Å². The Morgan fingerprint density at radius 3 is 2.54 bits per heavy atom. The Kier molecular flexibility index (Phi) is 5.63. The maximum absolute atomic E-state index is 13.9. The Bertz CT molecular complexity index is 1820. The van der Waals surface area contributed by atoms with Crippen LogP contribution in [0.4, 0.5) is 0 Å². The van der Waals surface area contributed by atoms with Crippen LogP contribution in [-0.2, 0) is 6.54 Å². The maximum atomic E-state index is 13.9. The van der Waals surface area contributed by atoms with Gasteiger partial charge in [-0.2, -0.15) is 0 Å². The van der Waals surface area contributed by atoms with Crippen LogP contribution < -0.4 is 19.6 Å². The third-order valence-corrected chi connectivity index (χ3v) is 7.36. The molecule has 1 unspecified atom stereocenters. The third-order valence-electron chi connectivity index (χ3n) is 6.87. The SMILES string of the molecule is O=C1c2oc3ccc(Br)cc3c(=O)c2C(c2cccc(Oc3ccccc3)c2)N1Cc1ccc2c(c1)OCO2. The van der Waals surface area contributed by atoms with E-state index in [9.17, 15) is 9.59 Å². The molecule has 1 aromatic heterocycles. The molecule has 0 fully saturated rings. The van der Waals surface area contributed by atoms with Crippen molar-refractivity contribution >= 4 is 32.8 Å². The molecule has 0 N–H and O–H groups in total. The minimum absolute atomic E-state index is 0.0509. The van der Waals surface area contributed by atoms with E-state index in [4.69, 9.17) is 18.6 Å². The molecule has 0 saturated heterocycles. The normalized spacial score (nSPS) is 15.6. The molecule has 0 radical (unpaired) electrons. The monoisotopic (exact) mass is 581 g/mol. The molecule has 1 atom stereocenters. The van der Waals surface area contributed by atoms with Crippen molar-refractivity contribution in [3.8, 4) is 23.0 Å².